The van der Waals surface area contributed by atoms with Crippen LogP contribution in [0, 0.1) is 23.1 Å². The Morgan fingerprint density at radius 1 is 1.18 bits per heavy atom. The molecule has 0 aromatic heterocycles. The van der Waals surface area contributed by atoms with Gasteiger partial charge in [-0.2, -0.15) is 0 Å². The number of halogens is 1. The number of phenols is 1. The van der Waals surface area contributed by atoms with Crippen LogP contribution in [0.5, 0.6) is 5.75 Å². The molecular formula is C27H32FN3O8. The first-order valence-electron chi connectivity index (χ1n) is 12.6. The van der Waals surface area contributed by atoms with E-state index in [-0.39, 0.29) is 36.1 Å². The summed E-state index contributed by atoms with van der Waals surface area (Å²) in [6.07, 6.45) is 0.0470. The Morgan fingerprint density at radius 3 is 2.46 bits per heavy atom. The van der Waals surface area contributed by atoms with Crippen LogP contribution in [0.2, 0.25) is 0 Å². The number of aliphatic hydroxyl groups excluding tert-OH is 2. The van der Waals surface area contributed by atoms with Gasteiger partial charge in [-0.25, -0.2) is 4.39 Å². The number of phenolic OH excluding ortho intramolecular Hbond substituents is 1. The molecule has 0 radical (unpaired) electrons. The lowest BCUT2D eigenvalue weighted by atomic mass is 9.59. The first kappa shape index (κ1) is 28.2. The standard InChI is InChI=1S/C27H32FN3O8/c1-26(2,3)4-5-30-10-17(33)31-15-9-14(28)13-7-11-6-12-8-16(32)20(25(29)38)24(37)27(12,39)23(36)18(11)22(35)19(13)21(15)34/h9,11-12,30,34-35,37,39H,4-8,10H2,1-3H3,(H2,29,38)(H,31,33)/t11?,12-,27-/m0/s1. The van der Waals surface area contributed by atoms with E-state index < -0.39 is 87.0 Å². The van der Waals surface area contributed by atoms with Crippen molar-refractivity contribution in [1.29, 1.82) is 0 Å². The van der Waals surface area contributed by atoms with Crippen molar-refractivity contribution in [2.75, 3.05) is 18.4 Å². The molecule has 1 aromatic rings. The van der Waals surface area contributed by atoms with Gasteiger partial charge in [0.1, 0.15) is 22.9 Å². The van der Waals surface area contributed by atoms with Crippen molar-refractivity contribution in [2.24, 2.45) is 23.0 Å². The lowest BCUT2D eigenvalue weighted by molar-refractivity contribution is -0.147. The van der Waals surface area contributed by atoms with Gasteiger partial charge in [0.2, 0.25) is 11.7 Å². The number of hydrogen-bond donors (Lipinski definition) is 7. The quantitative estimate of drug-likeness (QED) is 0.157. The Bertz CT molecular complexity index is 1360. The van der Waals surface area contributed by atoms with Crippen LogP contribution < -0.4 is 16.4 Å². The number of fused-ring (bicyclic) bond motifs is 3. The summed E-state index contributed by atoms with van der Waals surface area (Å²) in [5.41, 5.74) is 0.341. The highest BCUT2D eigenvalue weighted by molar-refractivity contribution is 6.22. The Morgan fingerprint density at radius 2 is 1.85 bits per heavy atom. The molecule has 0 spiro atoms. The van der Waals surface area contributed by atoms with Crippen molar-refractivity contribution in [2.45, 2.75) is 52.1 Å². The van der Waals surface area contributed by atoms with Crippen molar-refractivity contribution >= 4 is 34.8 Å². The second-order valence-electron chi connectivity index (χ2n) is 11.6. The molecule has 0 bridgehead atoms. The minimum atomic E-state index is -2.71. The van der Waals surface area contributed by atoms with E-state index in [2.05, 4.69) is 10.6 Å². The van der Waals surface area contributed by atoms with Crippen LogP contribution in [0.3, 0.4) is 0 Å². The van der Waals surface area contributed by atoms with E-state index in [4.69, 9.17) is 5.73 Å². The normalized spacial score (nSPS) is 24.7. The summed E-state index contributed by atoms with van der Waals surface area (Å²) in [5, 5.41) is 49.2. The lowest BCUT2D eigenvalue weighted by Crippen LogP contribution is -2.58. The molecule has 8 N–H and O–H groups in total. The molecule has 4 rings (SSSR count). The van der Waals surface area contributed by atoms with E-state index in [9.17, 15) is 39.6 Å². The van der Waals surface area contributed by atoms with E-state index in [1.165, 1.54) is 0 Å². The number of carbonyl (C=O) groups excluding carboxylic acids is 4. The monoisotopic (exact) mass is 545 g/mol. The molecule has 3 aliphatic rings. The summed E-state index contributed by atoms with van der Waals surface area (Å²) in [4.78, 5) is 50.0. The van der Waals surface area contributed by atoms with Gasteiger partial charge in [0.05, 0.1) is 17.8 Å². The maximum atomic E-state index is 15.2. The fourth-order valence-corrected chi connectivity index (χ4v) is 5.60. The number of carbonyl (C=O) groups is 4. The third-order valence-corrected chi connectivity index (χ3v) is 7.62. The number of anilines is 1. The molecule has 3 atom stereocenters. The SMILES string of the molecule is CC(C)(C)CCNCC(=O)Nc1cc(F)c2c(c1O)C(O)=C1C(=O)[C@]3(O)C(O)=C(C(N)=O)C(=O)C[C@@H]3CC1C2. The first-order valence-corrected chi connectivity index (χ1v) is 12.6. The van der Waals surface area contributed by atoms with Gasteiger partial charge in [-0.15, -0.1) is 0 Å². The largest absolute Gasteiger partial charge is 0.508 e. The molecule has 210 valence electrons. The number of nitrogens with one attached hydrogen (secondary N) is 2. The molecule has 39 heavy (non-hydrogen) atoms. The summed E-state index contributed by atoms with van der Waals surface area (Å²) in [6, 6.07) is 0.915. The average Bonchev–Trinajstić information content (AvgIpc) is 2.81. The van der Waals surface area contributed by atoms with Gasteiger partial charge in [-0.1, -0.05) is 20.8 Å². The van der Waals surface area contributed by atoms with Crippen molar-refractivity contribution in [3.63, 3.8) is 0 Å². The number of Topliss-reactive ketones (excluding diaryl/α,β-unsaturated/α-hetero) is 2. The highest BCUT2D eigenvalue weighted by atomic mass is 19.1. The Hall–Kier alpha value is -3.77. The van der Waals surface area contributed by atoms with E-state index in [1.807, 2.05) is 20.8 Å². The zero-order valence-electron chi connectivity index (χ0n) is 21.9. The van der Waals surface area contributed by atoms with E-state index in [0.717, 1.165) is 12.5 Å². The van der Waals surface area contributed by atoms with Gasteiger partial charge < -0.3 is 36.8 Å². The summed E-state index contributed by atoms with van der Waals surface area (Å²) in [5.74, 6) is -9.49. The Labute approximate surface area is 223 Å². The van der Waals surface area contributed by atoms with Crippen LogP contribution >= 0.6 is 0 Å². The van der Waals surface area contributed by atoms with Crippen molar-refractivity contribution in [1.82, 2.24) is 5.32 Å². The van der Waals surface area contributed by atoms with Crippen LogP contribution in [-0.2, 0) is 25.6 Å². The molecule has 1 fully saturated rings. The number of rotatable bonds is 6. The maximum Gasteiger partial charge on any atom is 0.255 e. The molecule has 1 saturated carbocycles. The second-order valence-corrected chi connectivity index (χ2v) is 11.6. The first-order chi connectivity index (χ1) is 18.1. The molecular weight excluding hydrogens is 513 g/mol. The minimum Gasteiger partial charge on any atom is -0.508 e. The van der Waals surface area contributed by atoms with Crippen molar-refractivity contribution in [3.8, 4) is 5.75 Å². The molecule has 11 nitrogen and oxygen atoms in total. The fraction of sp³-hybridized carbons (Fsp3) is 0.481. The third kappa shape index (κ3) is 4.78. The number of nitrogens with two attached hydrogens (primary N) is 1. The minimum absolute atomic E-state index is 0.0527. The van der Waals surface area contributed by atoms with Crippen LogP contribution in [0.25, 0.3) is 5.76 Å². The van der Waals surface area contributed by atoms with Gasteiger partial charge in [0.15, 0.2) is 17.1 Å². The molecule has 0 saturated heterocycles. The number of aromatic hydroxyl groups is 1. The number of hydrogen-bond acceptors (Lipinski definition) is 9. The Balaban J connectivity index is 1.68. The van der Waals surface area contributed by atoms with Gasteiger partial charge in [0.25, 0.3) is 5.91 Å². The molecule has 12 heteroatoms. The highest BCUT2D eigenvalue weighted by Crippen LogP contribution is 2.53. The lowest BCUT2D eigenvalue weighted by Gasteiger charge is -2.46. The van der Waals surface area contributed by atoms with Gasteiger partial charge in [0, 0.05) is 29.5 Å². The van der Waals surface area contributed by atoms with Gasteiger partial charge in [-0.05, 0) is 37.1 Å². The zero-order valence-corrected chi connectivity index (χ0v) is 21.9. The number of benzene rings is 1. The van der Waals surface area contributed by atoms with Crippen LogP contribution in [0.15, 0.2) is 23.0 Å². The van der Waals surface area contributed by atoms with Crippen molar-refractivity contribution < 1.29 is 44.0 Å². The average molecular weight is 546 g/mol. The summed E-state index contributed by atoms with van der Waals surface area (Å²) in [6.45, 7) is 6.57. The topological polar surface area (TPSA) is 199 Å². The van der Waals surface area contributed by atoms with Crippen LogP contribution in [-0.4, -0.2) is 62.5 Å². The van der Waals surface area contributed by atoms with Crippen LogP contribution in [0.4, 0.5) is 10.1 Å². The summed E-state index contributed by atoms with van der Waals surface area (Å²) in [7, 11) is 0. The van der Waals surface area contributed by atoms with Crippen LogP contribution in [0.1, 0.15) is 51.2 Å². The van der Waals surface area contributed by atoms with Crippen molar-refractivity contribution in [3.05, 3.63) is 39.9 Å². The van der Waals surface area contributed by atoms with Gasteiger partial charge in [-0.3, -0.25) is 19.2 Å². The van der Waals surface area contributed by atoms with E-state index in [1.54, 1.807) is 0 Å². The zero-order chi connectivity index (χ0) is 29.0. The smallest absolute Gasteiger partial charge is 0.255 e. The molecule has 0 heterocycles. The third-order valence-electron chi connectivity index (χ3n) is 7.62. The van der Waals surface area contributed by atoms with E-state index in [0.29, 0.717) is 6.54 Å². The Kier molecular flexibility index (Phi) is 7.07. The number of primary amides is 1. The molecule has 0 aliphatic heterocycles. The predicted octanol–water partition coefficient (Wildman–Crippen LogP) is 1.53. The second kappa shape index (κ2) is 9.76. The summed E-state index contributed by atoms with van der Waals surface area (Å²) >= 11 is 0. The number of aliphatic hydroxyl groups is 3. The maximum absolute atomic E-state index is 15.2. The molecule has 1 unspecified atom stereocenters. The van der Waals surface area contributed by atoms with Gasteiger partial charge >= 0.3 is 0 Å². The van der Waals surface area contributed by atoms with E-state index >= 15 is 4.39 Å². The molecule has 3 aliphatic carbocycles. The summed E-state index contributed by atoms with van der Waals surface area (Å²) < 4.78 is 15.2. The molecule has 1 aromatic carbocycles. The predicted molar refractivity (Wildman–Crippen MR) is 137 cm³/mol. The number of ketones is 2. The highest BCUT2D eigenvalue weighted by Gasteiger charge is 2.60. The number of amides is 2. The fourth-order valence-electron chi connectivity index (χ4n) is 5.60. The molecule has 2 amide bonds.